The van der Waals surface area contributed by atoms with Crippen molar-refractivity contribution in [1.82, 2.24) is 5.32 Å². The Morgan fingerprint density at radius 1 is 1.07 bits per heavy atom. The molecule has 0 saturated carbocycles. The average Bonchev–Trinajstić information content (AvgIpc) is 3.03. The molecule has 1 aromatic carbocycles. The van der Waals surface area contributed by atoms with Crippen LogP contribution in [-0.4, -0.2) is 35.3 Å². The van der Waals surface area contributed by atoms with E-state index < -0.39 is 23.7 Å². The number of thiophene rings is 1. The van der Waals surface area contributed by atoms with Gasteiger partial charge in [-0.2, -0.15) is 0 Å². The molecule has 9 heteroatoms. The number of aromatic carboxylic acids is 1. The molecule has 2 aromatic rings. The number of rotatable bonds is 6. The van der Waals surface area contributed by atoms with Crippen molar-refractivity contribution in [2.45, 2.75) is 25.7 Å². The van der Waals surface area contributed by atoms with Gasteiger partial charge in [0.2, 0.25) is 5.91 Å². The molecule has 1 aromatic heterocycles. The molecule has 1 heterocycles. The Bertz CT molecular complexity index is 966. The molecule has 8 nitrogen and oxygen atoms in total. The Labute approximate surface area is 164 Å². The highest BCUT2D eigenvalue weighted by Gasteiger charge is 2.25. The minimum absolute atomic E-state index is 0.0350. The zero-order valence-corrected chi connectivity index (χ0v) is 15.7. The minimum atomic E-state index is -1.23. The number of nitrogens with two attached hydrogens (primary N) is 1. The molecule has 0 unspecified atom stereocenters. The lowest BCUT2D eigenvalue weighted by Gasteiger charge is -2.11. The van der Waals surface area contributed by atoms with E-state index in [0.717, 1.165) is 36.1 Å². The second-order valence-electron chi connectivity index (χ2n) is 6.36. The van der Waals surface area contributed by atoms with E-state index >= 15 is 0 Å². The number of carbonyl (C=O) groups excluding carboxylic acids is 3. The van der Waals surface area contributed by atoms with E-state index in [1.807, 2.05) is 0 Å². The fourth-order valence-electron chi connectivity index (χ4n) is 3.21. The van der Waals surface area contributed by atoms with Gasteiger partial charge in [0.25, 0.3) is 11.8 Å². The van der Waals surface area contributed by atoms with Gasteiger partial charge in [0, 0.05) is 4.88 Å². The predicted octanol–water partition coefficient (Wildman–Crippen LogP) is 1.79. The lowest BCUT2D eigenvalue weighted by Crippen LogP contribution is -2.33. The molecule has 0 atom stereocenters. The number of hydrogen-bond acceptors (Lipinski definition) is 5. The number of aryl methyl sites for hydroxylation is 1. The molecular weight excluding hydrogens is 382 g/mol. The molecule has 3 amide bonds. The highest BCUT2D eigenvalue weighted by Crippen LogP contribution is 2.37. The monoisotopic (exact) mass is 401 g/mol. The van der Waals surface area contributed by atoms with Gasteiger partial charge in [0.05, 0.1) is 23.2 Å². The maximum atomic E-state index is 12.3. The first-order chi connectivity index (χ1) is 13.4. The molecule has 3 rings (SSSR count). The molecule has 146 valence electrons. The smallest absolute Gasteiger partial charge is 0.336 e. The van der Waals surface area contributed by atoms with Gasteiger partial charge in [-0.3, -0.25) is 14.4 Å². The number of carboxylic acids is 1. The number of amides is 3. The Hall–Kier alpha value is -3.20. The summed E-state index contributed by atoms with van der Waals surface area (Å²) in [6.45, 7) is -0.368. The number of hydrogen-bond donors (Lipinski definition) is 4. The van der Waals surface area contributed by atoms with Crippen molar-refractivity contribution in [1.29, 1.82) is 0 Å². The first-order valence-electron chi connectivity index (χ1n) is 8.73. The van der Waals surface area contributed by atoms with Crippen LogP contribution in [0.4, 0.5) is 5.00 Å². The Morgan fingerprint density at radius 2 is 1.75 bits per heavy atom. The molecule has 0 bridgehead atoms. The first kappa shape index (κ1) is 19.6. The van der Waals surface area contributed by atoms with E-state index in [2.05, 4.69) is 10.6 Å². The van der Waals surface area contributed by atoms with Crippen LogP contribution in [0.5, 0.6) is 0 Å². The van der Waals surface area contributed by atoms with Gasteiger partial charge in [-0.05, 0) is 43.4 Å². The normalized spacial score (nSPS) is 12.7. The molecule has 0 radical (unpaired) electrons. The largest absolute Gasteiger partial charge is 0.478 e. The van der Waals surface area contributed by atoms with Crippen LogP contribution < -0.4 is 16.4 Å². The molecule has 28 heavy (non-hydrogen) atoms. The van der Waals surface area contributed by atoms with Crippen LogP contribution in [0.25, 0.3) is 0 Å². The average molecular weight is 401 g/mol. The molecule has 1 aliphatic carbocycles. The predicted molar refractivity (Wildman–Crippen MR) is 104 cm³/mol. The van der Waals surface area contributed by atoms with Crippen LogP contribution in [0, 0.1) is 0 Å². The van der Waals surface area contributed by atoms with E-state index in [1.165, 1.54) is 35.6 Å². The third kappa shape index (κ3) is 4.04. The van der Waals surface area contributed by atoms with Gasteiger partial charge < -0.3 is 21.5 Å². The highest BCUT2D eigenvalue weighted by atomic mass is 32.1. The van der Waals surface area contributed by atoms with Gasteiger partial charge in [-0.1, -0.05) is 12.1 Å². The quantitative estimate of drug-likeness (QED) is 0.584. The standard InChI is InChI=1S/C19H19N3O5S/c20-16(24)15-12-7-3-4-8-13(12)28-18(15)22-14(23)9-21-17(25)10-5-1-2-6-11(10)19(26)27/h1-2,5-6H,3-4,7-9H2,(H2,20,24)(H,21,25)(H,22,23)(H,26,27). The number of nitrogens with one attached hydrogen (secondary N) is 2. The highest BCUT2D eigenvalue weighted by molar-refractivity contribution is 7.17. The van der Waals surface area contributed by atoms with Gasteiger partial charge in [0.15, 0.2) is 0 Å². The Balaban J connectivity index is 1.69. The summed E-state index contributed by atoms with van der Waals surface area (Å²) in [5.74, 6) is -3.02. The fraction of sp³-hybridized carbons (Fsp3) is 0.263. The molecule has 0 fully saturated rings. The third-order valence-electron chi connectivity index (χ3n) is 4.48. The number of benzene rings is 1. The Kier molecular flexibility index (Phi) is 5.74. The van der Waals surface area contributed by atoms with Crippen molar-refractivity contribution in [2.24, 2.45) is 5.73 Å². The molecule has 1 aliphatic rings. The summed E-state index contributed by atoms with van der Waals surface area (Å²) in [4.78, 5) is 48.6. The molecule has 0 spiro atoms. The number of fused-ring (bicyclic) bond motifs is 1. The number of primary amides is 1. The van der Waals surface area contributed by atoms with Gasteiger partial charge >= 0.3 is 5.97 Å². The summed E-state index contributed by atoms with van der Waals surface area (Å²) < 4.78 is 0. The topological polar surface area (TPSA) is 139 Å². The summed E-state index contributed by atoms with van der Waals surface area (Å²) in [6.07, 6.45) is 3.59. The van der Waals surface area contributed by atoms with Crippen molar-refractivity contribution in [3.63, 3.8) is 0 Å². The van der Waals surface area contributed by atoms with Crippen molar-refractivity contribution < 1.29 is 24.3 Å². The summed E-state index contributed by atoms with van der Waals surface area (Å²) in [5.41, 5.74) is 6.55. The SMILES string of the molecule is NC(=O)c1c(NC(=O)CNC(=O)c2ccccc2C(=O)O)sc2c1CCCC2. The number of carbonyl (C=O) groups is 4. The maximum Gasteiger partial charge on any atom is 0.336 e. The number of anilines is 1. The van der Waals surface area contributed by atoms with Gasteiger partial charge in [-0.25, -0.2) is 4.79 Å². The minimum Gasteiger partial charge on any atom is -0.478 e. The van der Waals surface area contributed by atoms with Crippen LogP contribution in [0.3, 0.4) is 0 Å². The fourth-order valence-corrected chi connectivity index (χ4v) is 4.52. The zero-order valence-electron chi connectivity index (χ0n) is 14.9. The zero-order chi connectivity index (χ0) is 20.3. The maximum absolute atomic E-state index is 12.3. The van der Waals surface area contributed by atoms with Gasteiger partial charge in [-0.15, -0.1) is 11.3 Å². The number of carboxylic acid groups (broad SMARTS) is 1. The summed E-state index contributed by atoms with van der Waals surface area (Å²) in [7, 11) is 0. The molecule has 5 N–H and O–H groups in total. The van der Waals surface area contributed by atoms with E-state index in [9.17, 15) is 19.2 Å². The van der Waals surface area contributed by atoms with E-state index in [-0.39, 0.29) is 17.7 Å². The van der Waals surface area contributed by atoms with Crippen molar-refractivity contribution in [3.8, 4) is 0 Å². The van der Waals surface area contributed by atoms with Crippen molar-refractivity contribution in [3.05, 3.63) is 51.4 Å². The van der Waals surface area contributed by atoms with E-state index in [0.29, 0.717) is 10.6 Å². The van der Waals surface area contributed by atoms with Crippen LogP contribution in [-0.2, 0) is 17.6 Å². The van der Waals surface area contributed by atoms with Crippen LogP contribution in [0.2, 0.25) is 0 Å². The summed E-state index contributed by atoms with van der Waals surface area (Å²) >= 11 is 1.33. The third-order valence-corrected chi connectivity index (χ3v) is 5.69. The molecule has 0 aliphatic heterocycles. The molecular formula is C19H19N3O5S. The van der Waals surface area contributed by atoms with Crippen molar-refractivity contribution in [2.75, 3.05) is 11.9 Å². The first-order valence-corrected chi connectivity index (χ1v) is 9.55. The second kappa shape index (κ2) is 8.22. The lowest BCUT2D eigenvalue weighted by atomic mass is 9.95. The molecule has 0 saturated heterocycles. The summed E-state index contributed by atoms with van der Waals surface area (Å²) in [5, 5.41) is 14.6. The Morgan fingerprint density at radius 3 is 2.43 bits per heavy atom. The van der Waals surface area contributed by atoms with E-state index in [4.69, 9.17) is 10.8 Å². The van der Waals surface area contributed by atoms with Crippen LogP contribution >= 0.6 is 11.3 Å². The lowest BCUT2D eigenvalue weighted by molar-refractivity contribution is -0.115. The van der Waals surface area contributed by atoms with Crippen molar-refractivity contribution >= 4 is 40.0 Å². The summed E-state index contributed by atoms with van der Waals surface area (Å²) in [6, 6.07) is 5.73. The van der Waals surface area contributed by atoms with E-state index in [1.54, 1.807) is 0 Å². The van der Waals surface area contributed by atoms with Gasteiger partial charge in [0.1, 0.15) is 5.00 Å². The van der Waals surface area contributed by atoms with Crippen LogP contribution in [0.15, 0.2) is 24.3 Å². The second-order valence-corrected chi connectivity index (χ2v) is 7.47. The van der Waals surface area contributed by atoms with Crippen LogP contribution in [0.1, 0.15) is 54.4 Å².